The molecule has 0 saturated carbocycles. The number of hydrogen-bond acceptors (Lipinski definition) is 2. The van der Waals surface area contributed by atoms with Crippen LogP contribution in [0.1, 0.15) is 0 Å². The summed E-state index contributed by atoms with van der Waals surface area (Å²) in [5.41, 5.74) is 2.07. The smallest absolute Gasteiger partial charge is 0.308 e. The molecule has 2 amide bonds. The number of anilines is 2. The molecule has 2 aromatic carbocycles. The lowest BCUT2D eigenvalue weighted by Gasteiger charge is -2.10. The summed E-state index contributed by atoms with van der Waals surface area (Å²) in [5.74, 6) is -2.12. The molecule has 0 aliphatic carbocycles. The zero-order valence-corrected chi connectivity index (χ0v) is 12.5. The van der Waals surface area contributed by atoms with E-state index in [1.807, 2.05) is 18.2 Å². The third-order valence-corrected chi connectivity index (χ3v) is 3.32. The zero-order chi connectivity index (χ0) is 16.9. The lowest BCUT2D eigenvalue weighted by atomic mass is 10.1. The third kappa shape index (κ3) is 3.55. The maximum absolute atomic E-state index is 13.6. The predicted molar refractivity (Wildman–Crippen MR) is 88.7 cm³/mol. The van der Waals surface area contributed by atoms with Crippen molar-refractivity contribution in [3.05, 3.63) is 78.6 Å². The van der Waals surface area contributed by atoms with E-state index in [0.717, 1.165) is 17.2 Å². The molecule has 0 bridgehead atoms. The minimum Gasteiger partial charge on any atom is -0.308 e. The number of amides is 2. The van der Waals surface area contributed by atoms with Crippen molar-refractivity contribution < 1.29 is 13.6 Å². The average molecular weight is 325 g/mol. The van der Waals surface area contributed by atoms with Crippen LogP contribution in [0.4, 0.5) is 25.0 Å². The van der Waals surface area contributed by atoms with Gasteiger partial charge in [0.05, 0.1) is 5.69 Å². The van der Waals surface area contributed by atoms with Gasteiger partial charge in [0, 0.05) is 23.6 Å². The van der Waals surface area contributed by atoms with E-state index in [1.54, 1.807) is 30.6 Å². The summed E-state index contributed by atoms with van der Waals surface area (Å²) in [4.78, 5) is 16.0. The van der Waals surface area contributed by atoms with Crippen LogP contribution in [0.25, 0.3) is 11.1 Å². The van der Waals surface area contributed by atoms with Crippen LogP contribution in [-0.2, 0) is 0 Å². The molecule has 2 N–H and O–H groups in total. The van der Waals surface area contributed by atoms with E-state index in [9.17, 15) is 13.6 Å². The molecule has 1 heterocycles. The highest BCUT2D eigenvalue weighted by Gasteiger charge is 2.11. The predicted octanol–water partition coefficient (Wildman–Crippen LogP) is 4.67. The summed E-state index contributed by atoms with van der Waals surface area (Å²) in [5, 5.41) is 4.87. The number of urea groups is 1. The van der Waals surface area contributed by atoms with Crippen LogP contribution in [-0.4, -0.2) is 11.0 Å². The lowest BCUT2D eigenvalue weighted by molar-refractivity contribution is 0.262. The van der Waals surface area contributed by atoms with Crippen molar-refractivity contribution in [3.63, 3.8) is 0 Å². The van der Waals surface area contributed by atoms with Crippen LogP contribution < -0.4 is 10.6 Å². The van der Waals surface area contributed by atoms with Gasteiger partial charge in [-0.2, -0.15) is 0 Å². The SMILES string of the molecule is O=C(Nc1cccc(-c2cccnc2)c1)Nc1cccc(F)c1F. The number of benzene rings is 2. The Kier molecular flexibility index (Phi) is 4.47. The van der Waals surface area contributed by atoms with Crippen molar-refractivity contribution in [2.75, 3.05) is 10.6 Å². The van der Waals surface area contributed by atoms with Gasteiger partial charge in [0.1, 0.15) is 0 Å². The Labute approximate surface area is 137 Å². The molecular formula is C18H13F2N3O. The normalized spacial score (nSPS) is 10.2. The molecule has 24 heavy (non-hydrogen) atoms. The van der Waals surface area contributed by atoms with E-state index in [4.69, 9.17) is 0 Å². The standard InChI is InChI=1S/C18H13F2N3O/c19-15-7-2-8-16(17(15)20)23-18(24)22-14-6-1-4-12(10-14)13-5-3-9-21-11-13/h1-11H,(H2,22,23,24). The van der Waals surface area contributed by atoms with Crippen molar-refractivity contribution in [1.29, 1.82) is 0 Å². The Hall–Kier alpha value is -3.28. The molecule has 120 valence electrons. The fourth-order valence-electron chi connectivity index (χ4n) is 2.20. The molecule has 0 atom stereocenters. The van der Waals surface area contributed by atoms with E-state index in [0.29, 0.717) is 5.69 Å². The number of pyridine rings is 1. The number of hydrogen-bond donors (Lipinski definition) is 2. The summed E-state index contributed by atoms with van der Waals surface area (Å²) in [6, 6.07) is 13.7. The van der Waals surface area contributed by atoms with Crippen molar-refractivity contribution in [2.45, 2.75) is 0 Å². The summed E-state index contributed by atoms with van der Waals surface area (Å²) < 4.78 is 26.7. The van der Waals surface area contributed by atoms with Gasteiger partial charge in [-0.15, -0.1) is 0 Å². The molecule has 3 aromatic rings. The highest BCUT2D eigenvalue weighted by Crippen LogP contribution is 2.22. The number of rotatable bonds is 3. The first kappa shape index (κ1) is 15.6. The lowest BCUT2D eigenvalue weighted by Crippen LogP contribution is -2.20. The zero-order valence-electron chi connectivity index (χ0n) is 12.5. The third-order valence-electron chi connectivity index (χ3n) is 3.32. The molecule has 0 aliphatic heterocycles. The first-order valence-electron chi connectivity index (χ1n) is 7.16. The Morgan fingerprint density at radius 2 is 1.71 bits per heavy atom. The molecule has 0 spiro atoms. The largest absolute Gasteiger partial charge is 0.323 e. The second-order valence-electron chi connectivity index (χ2n) is 5.00. The summed E-state index contributed by atoms with van der Waals surface area (Å²) in [6.07, 6.45) is 3.38. The van der Waals surface area contributed by atoms with Gasteiger partial charge in [0.25, 0.3) is 0 Å². The number of halogens is 2. The molecule has 0 unspecified atom stereocenters. The minimum absolute atomic E-state index is 0.226. The van der Waals surface area contributed by atoms with Crippen LogP contribution in [0.3, 0.4) is 0 Å². The molecule has 0 saturated heterocycles. The average Bonchev–Trinajstić information content (AvgIpc) is 2.60. The highest BCUT2D eigenvalue weighted by molar-refractivity contribution is 6.00. The van der Waals surface area contributed by atoms with Crippen LogP contribution in [0.2, 0.25) is 0 Å². The second-order valence-corrected chi connectivity index (χ2v) is 5.00. The molecule has 6 heteroatoms. The Bertz CT molecular complexity index is 869. The van der Waals surface area contributed by atoms with E-state index in [-0.39, 0.29) is 5.69 Å². The number of carbonyl (C=O) groups is 1. The number of carbonyl (C=O) groups excluding carboxylic acids is 1. The monoisotopic (exact) mass is 325 g/mol. The second kappa shape index (κ2) is 6.87. The van der Waals surface area contributed by atoms with E-state index < -0.39 is 17.7 Å². The summed E-state index contributed by atoms with van der Waals surface area (Å²) in [7, 11) is 0. The van der Waals surface area contributed by atoms with Crippen LogP contribution in [0.15, 0.2) is 67.0 Å². The van der Waals surface area contributed by atoms with E-state index in [1.165, 1.54) is 12.1 Å². The van der Waals surface area contributed by atoms with Gasteiger partial charge in [-0.3, -0.25) is 4.98 Å². The molecule has 0 radical (unpaired) electrons. The Balaban J connectivity index is 1.74. The van der Waals surface area contributed by atoms with E-state index in [2.05, 4.69) is 15.6 Å². The van der Waals surface area contributed by atoms with Crippen LogP contribution in [0.5, 0.6) is 0 Å². The molecule has 0 fully saturated rings. The van der Waals surface area contributed by atoms with Gasteiger partial charge in [0.15, 0.2) is 11.6 Å². The minimum atomic E-state index is -1.10. The first-order valence-corrected chi connectivity index (χ1v) is 7.16. The number of nitrogens with zero attached hydrogens (tertiary/aromatic N) is 1. The van der Waals surface area contributed by atoms with Crippen molar-refractivity contribution in [2.24, 2.45) is 0 Å². The van der Waals surface area contributed by atoms with Gasteiger partial charge in [-0.1, -0.05) is 24.3 Å². The Morgan fingerprint density at radius 1 is 0.917 bits per heavy atom. The molecule has 1 aromatic heterocycles. The van der Waals surface area contributed by atoms with Crippen LogP contribution >= 0.6 is 0 Å². The fourth-order valence-corrected chi connectivity index (χ4v) is 2.20. The number of nitrogens with one attached hydrogen (secondary N) is 2. The summed E-state index contributed by atoms with van der Waals surface area (Å²) >= 11 is 0. The van der Waals surface area contributed by atoms with Crippen molar-refractivity contribution >= 4 is 17.4 Å². The molecular weight excluding hydrogens is 312 g/mol. The van der Waals surface area contributed by atoms with Crippen LogP contribution in [0, 0.1) is 11.6 Å². The molecule has 3 rings (SSSR count). The van der Waals surface area contributed by atoms with Crippen molar-refractivity contribution in [1.82, 2.24) is 4.98 Å². The van der Waals surface area contributed by atoms with Crippen molar-refractivity contribution in [3.8, 4) is 11.1 Å². The van der Waals surface area contributed by atoms with Gasteiger partial charge in [-0.25, -0.2) is 13.6 Å². The summed E-state index contributed by atoms with van der Waals surface area (Å²) in [6.45, 7) is 0. The highest BCUT2D eigenvalue weighted by atomic mass is 19.2. The number of aromatic nitrogens is 1. The van der Waals surface area contributed by atoms with Gasteiger partial charge in [0.2, 0.25) is 0 Å². The quantitative estimate of drug-likeness (QED) is 0.735. The Morgan fingerprint density at radius 3 is 2.50 bits per heavy atom. The van der Waals surface area contributed by atoms with Gasteiger partial charge in [-0.05, 0) is 35.9 Å². The van der Waals surface area contributed by atoms with E-state index >= 15 is 0 Å². The first-order chi connectivity index (χ1) is 11.6. The maximum Gasteiger partial charge on any atom is 0.323 e. The van der Waals surface area contributed by atoms with Gasteiger partial charge < -0.3 is 10.6 Å². The molecule has 4 nitrogen and oxygen atoms in total. The molecule has 0 aliphatic rings. The maximum atomic E-state index is 13.6. The topological polar surface area (TPSA) is 54.0 Å². The fraction of sp³-hybridized carbons (Fsp3) is 0. The van der Waals surface area contributed by atoms with Gasteiger partial charge >= 0.3 is 6.03 Å².